The van der Waals surface area contributed by atoms with Crippen molar-refractivity contribution in [3.63, 3.8) is 0 Å². The predicted octanol–water partition coefficient (Wildman–Crippen LogP) is 0.938. The molecule has 4 nitrogen and oxygen atoms in total. The van der Waals surface area contributed by atoms with Crippen LogP contribution >= 0.6 is 11.6 Å². The largest absolute Gasteiger partial charge is 0.368 e. The van der Waals surface area contributed by atoms with Crippen LogP contribution < -0.4 is 5.73 Å². The molecule has 86 valence electrons. The van der Waals surface area contributed by atoms with Crippen molar-refractivity contribution >= 4 is 23.3 Å². The average Bonchev–Trinajstić information content (AvgIpc) is 2.16. The van der Waals surface area contributed by atoms with Crippen molar-refractivity contribution in [2.75, 3.05) is 14.1 Å². The van der Waals surface area contributed by atoms with Crippen molar-refractivity contribution in [1.82, 2.24) is 4.90 Å². The third-order valence-corrected chi connectivity index (χ3v) is 2.38. The van der Waals surface area contributed by atoms with E-state index in [1.165, 1.54) is 11.0 Å². The summed E-state index contributed by atoms with van der Waals surface area (Å²) in [4.78, 5) is 24.6. The zero-order chi connectivity index (χ0) is 12.3. The Bertz CT molecular complexity index is 418. The van der Waals surface area contributed by atoms with Crippen LogP contribution in [0.15, 0.2) is 24.3 Å². The van der Waals surface area contributed by atoms with Gasteiger partial charge in [-0.25, -0.2) is 0 Å². The number of rotatable bonds is 4. The molecule has 0 heterocycles. The lowest BCUT2D eigenvalue weighted by atomic mass is 10.0. The third-order valence-electron chi connectivity index (χ3n) is 2.14. The van der Waals surface area contributed by atoms with Crippen molar-refractivity contribution in [3.8, 4) is 0 Å². The van der Waals surface area contributed by atoms with E-state index in [0.29, 0.717) is 10.6 Å². The van der Waals surface area contributed by atoms with Crippen LogP contribution in [0.25, 0.3) is 0 Å². The molecule has 2 N–H and O–H groups in total. The SMILES string of the molecule is CN(C)C(C(N)=O)C(=O)c1cccc(Cl)c1. The highest BCUT2D eigenvalue weighted by atomic mass is 35.5. The molecule has 0 saturated heterocycles. The zero-order valence-electron chi connectivity index (χ0n) is 9.11. The molecule has 0 aliphatic heterocycles. The Hall–Kier alpha value is -1.39. The number of carbonyl (C=O) groups is 2. The molecule has 1 atom stereocenters. The minimum atomic E-state index is -0.960. The highest BCUT2D eigenvalue weighted by Crippen LogP contribution is 2.13. The summed E-state index contributed by atoms with van der Waals surface area (Å²) in [7, 11) is 3.25. The number of halogens is 1. The number of nitrogens with two attached hydrogens (primary N) is 1. The lowest BCUT2D eigenvalue weighted by Gasteiger charge is -2.19. The molecule has 1 amide bonds. The Morgan fingerprint density at radius 3 is 2.44 bits per heavy atom. The normalized spacial score (nSPS) is 12.5. The molecule has 0 bridgehead atoms. The van der Waals surface area contributed by atoms with Gasteiger partial charge in [-0.2, -0.15) is 0 Å². The summed E-state index contributed by atoms with van der Waals surface area (Å²) in [5.41, 5.74) is 5.56. The number of carbonyl (C=O) groups excluding carboxylic acids is 2. The molecule has 0 radical (unpaired) electrons. The van der Waals surface area contributed by atoms with E-state index in [0.717, 1.165) is 0 Å². The fourth-order valence-electron chi connectivity index (χ4n) is 1.42. The molecule has 0 fully saturated rings. The topological polar surface area (TPSA) is 63.4 Å². The summed E-state index contributed by atoms with van der Waals surface area (Å²) in [6.45, 7) is 0. The predicted molar refractivity (Wildman–Crippen MR) is 62.5 cm³/mol. The standard InChI is InChI=1S/C11H13ClN2O2/c1-14(2)9(11(13)16)10(15)7-4-3-5-8(12)6-7/h3-6,9H,1-2H3,(H2,13,16). The minimum absolute atomic E-state index is 0.347. The Kier molecular flexibility index (Phi) is 4.04. The van der Waals surface area contributed by atoms with E-state index in [1.54, 1.807) is 32.3 Å². The molecule has 1 aromatic rings. The number of hydrogen-bond donors (Lipinski definition) is 1. The van der Waals surface area contributed by atoms with Crippen LogP contribution in [-0.2, 0) is 4.79 Å². The zero-order valence-corrected chi connectivity index (χ0v) is 9.86. The number of Topliss-reactive ketones (excluding diaryl/α,β-unsaturated/α-hetero) is 1. The molecule has 1 aromatic carbocycles. The third kappa shape index (κ3) is 2.81. The summed E-state index contributed by atoms with van der Waals surface area (Å²) in [6, 6.07) is 5.48. The summed E-state index contributed by atoms with van der Waals surface area (Å²) >= 11 is 5.77. The Morgan fingerprint density at radius 1 is 1.38 bits per heavy atom. The highest BCUT2D eigenvalue weighted by Gasteiger charge is 2.27. The van der Waals surface area contributed by atoms with Crippen molar-refractivity contribution in [2.45, 2.75) is 6.04 Å². The van der Waals surface area contributed by atoms with Crippen molar-refractivity contribution in [3.05, 3.63) is 34.9 Å². The van der Waals surface area contributed by atoms with Crippen molar-refractivity contribution in [1.29, 1.82) is 0 Å². The molecule has 0 aromatic heterocycles. The van der Waals surface area contributed by atoms with E-state index >= 15 is 0 Å². The number of benzene rings is 1. The summed E-state index contributed by atoms with van der Waals surface area (Å²) < 4.78 is 0. The Morgan fingerprint density at radius 2 is 2.00 bits per heavy atom. The number of hydrogen-bond acceptors (Lipinski definition) is 3. The second-order valence-corrected chi connectivity index (χ2v) is 4.08. The van der Waals surface area contributed by atoms with Gasteiger partial charge in [0.1, 0.15) is 0 Å². The number of ketones is 1. The Labute approximate surface area is 99.0 Å². The number of nitrogens with zero attached hydrogens (tertiary/aromatic N) is 1. The van der Waals surface area contributed by atoms with Gasteiger partial charge in [-0.15, -0.1) is 0 Å². The van der Waals surface area contributed by atoms with Gasteiger partial charge in [-0.1, -0.05) is 23.7 Å². The van der Waals surface area contributed by atoms with E-state index in [2.05, 4.69) is 0 Å². The second kappa shape index (κ2) is 5.09. The van der Waals surface area contributed by atoms with Crippen molar-refractivity contribution < 1.29 is 9.59 Å². The summed E-state index contributed by atoms with van der Waals surface area (Å²) in [5.74, 6) is -1.02. The van der Waals surface area contributed by atoms with Gasteiger partial charge >= 0.3 is 0 Å². The molecule has 0 spiro atoms. The van der Waals surface area contributed by atoms with Crippen LogP contribution in [0.1, 0.15) is 10.4 Å². The number of primary amides is 1. The monoisotopic (exact) mass is 240 g/mol. The van der Waals surface area contributed by atoms with Gasteiger partial charge in [-0.3, -0.25) is 14.5 Å². The molecule has 5 heteroatoms. The van der Waals surface area contributed by atoms with Gasteiger partial charge in [0.05, 0.1) is 0 Å². The molecular formula is C11H13ClN2O2. The molecule has 1 unspecified atom stereocenters. The fourth-order valence-corrected chi connectivity index (χ4v) is 1.61. The quantitative estimate of drug-likeness (QED) is 0.629. The number of amides is 1. The van der Waals surface area contributed by atoms with Crippen molar-refractivity contribution in [2.24, 2.45) is 5.73 Å². The first kappa shape index (κ1) is 12.7. The van der Waals surface area contributed by atoms with E-state index in [-0.39, 0.29) is 5.78 Å². The van der Waals surface area contributed by atoms with E-state index in [1.807, 2.05) is 0 Å². The van der Waals surface area contributed by atoms with Crippen LogP contribution in [0.2, 0.25) is 5.02 Å². The minimum Gasteiger partial charge on any atom is -0.368 e. The maximum atomic E-state index is 12.0. The molecule has 0 aliphatic rings. The van der Waals surface area contributed by atoms with Gasteiger partial charge in [-0.05, 0) is 26.2 Å². The van der Waals surface area contributed by atoms with Gasteiger partial charge in [0.25, 0.3) is 0 Å². The lowest BCUT2D eigenvalue weighted by molar-refractivity contribution is -0.120. The fraction of sp³-hybridized carbons (Fsp3) is 0.273. The highest BCUT2D eigenvalue weighted by molar-refractivity contribution is 6.31. The van der Waals surface area contributed by atoms with Crippen LogP contribution in [-0.4, -0.2) is 36.7 Å². The molecule has 0 saturated carbocycles. The lowest BCUT2D eigenvalue weighted by Crippen LogP contribution is -2.46. The maximum Gasteiger partial charge on any atom is 0.242 e. The molecule has 0 aliphatic carbocycles. The Balaban J connectivity index is 3.04. The van der Waals surface area contributed by atoms with Crippen LogP contribution in [0.4, 0.5) is 0 Å². The number of likely N-dealkylation sites (N-methyl/N-ethyl adjacent to an activating group) is 1. The summed E-state index contributed by atoms with van der Waals surface area (Å²) in [6.07, 6.45) is 0. The van der Waals surface area contributed by atoms with E-state index in [9.17, 15) is 9.59 Å². The first-order valence-electron chi connectivity index (χ1n) is 4.69. The maximum absolute atomic E-state index is 12.0. The van der Waals surface area contributed by atoms with Crippen LogP contribution in [0.3, 0.4) is 0 Å². The molecule has 1 rings (SSSR count). The second-order valence-electron chi connectivity index (χ2n) is 3.64. The first-order valence-corrected chi connectivity index (χ1v) is 5.07. The van der Waals surface area contributed by atoms with Gasteiger partial charge < -0.3 is 5.73 Å². The molecular weight excluding hydrogens is 228 g/mol. The smallest absolute Gasteiger partial charge is 0.242 e. The average molecular weight is 241 g/mol. The van der Waals surface area contributed by atoms with Gasteiger partial charge in [0.2, 0.25) is 5.91 Å². The van der Waals surface area contributed by atoms with E-state index in [4.69, 9.17) is 17.3 Å². The van der Waals surface area contributed by atoms with Crippen LogP contribution in [0, 0.1) is 0 Å². The van der Waals surface area contributed by atoms with E-state index < -0.39 is 11.9 Å². The van der Waals surface area contributed by atoms with Gasteiger partial charge in [0.15, 0.2) is 11.8 Å². The van der Waals surface area contributed by atoms with Gasteiger partial charge in [0, 0.05) is 10.6 Å². The molecule has 16 heavy (non-hydrogen) atoms. The van der Waals surface area contributed by atoms with Crippen LogP contribution in [0.5, 0.6) is 0 Å². The first-order chi connectivity index (χ1) is 7.43. The summed E-state index contributed by atoms with van der Waals surface area (Å²) in [5, 5.41) is 0.452.